The van der Waals surface area contributed by atoms with E-state index in [2.05, 4.69) is 10.3 Å². The van der Waals surface area contributed by atoms with Crippen LogP contribution in [-0.4, -0.2) is 45.5 Å². The fourth-order valence-corrected chi connectivity index (χ4v) is 2.64. The number of carbonyl (C=O) groups is 1. The molecule has 1 saturated heterocycles. The van der Waals surface area contributed by atoms with Gasteiger partial charge in [-0.25, -0.2) is 4.68 Å². The molecule has 22 heavy (non-hydrogen) atoms. The number of hydrogen-bond acceptors (Lipinski definition) is 4. The first-order valence-electron chi connectivity index (χ1n) is 7.62. The molecule has 0 aliphatic carbocycles. The zero-order chi connectivity index (χ0) is 15.4. The van der Waals surface area contributed by atoms with Gasteiger partial charge in [-0.05, 0) is 25.0 Å². The Bertz CT molecular complexity index is 621. The van der Waals surface area contributed by atoms with Crippen LogP contribution in [0.25, 0.3) is 0 Å². The molecule has 116 valence electrons. The van der Waals surface area contributed by atoms with E-state index in [4.69, 9.17) is 4.74 Å². The fourth-order valence-electron chi connectivity index (χ4n) is 2.64. The molecule has 0 bridgehead atoms. The molecule has 3 rings (SSSR count). The average Bonchev–Trinajstić information content (AvgIpc) is 2.99. The number of ether oxygens (including phenoxy) is 1. The third-order valence-corrected chi connectivity index (χ3v) is 3.91. The van der Waals surface area contributed by atoms with E-state index in [1.165, 1.54) is 0 Å². The normalized spacial score (nSPS) is 14.7. The predicted molar refractivity (Wildman–Crippen MR) is 81.6 cm³/mol. The highest BCUT2D eigenvalue weighted by Crippen LogP contribution is 2.23. The molecule has 2 heterocycles. The van der Waals surface area contributed by atoms with E-state index >= 15 is 0 Å². The summed E-state index contributed by atoms with van der Waals surface area (Å²) in [4.78, 5) is 14.1. The lowest BCUT2D eigenvalue weighted by Crippen LogP contribution is -2.50. The van der Waals surface area contributed by atoms with Gasteiger partial charge in [0.15, 0.2) is 0 Å². The minimum atomic E-state index is 0.183. The molecular formula is C16H20N4O2. The summed E-state index contributed by atoms with van der Waals surface area (Å²) in [5, 5.41) is 7.76. The number of hydrogen-bond donors (Lipinski definition) is 0. The van der Waals surface area contributed by atoms with Crippen LogP contribution >= 0.6 is 0 Å². The maximum atomic E-state index is 12.2. The molecule has 1 fully saturated rings. The standard InChI is InChI=1S/C16H20N4O2/c1-2-22-15-6-4-3-5-13(15)7-8-16(21)19-11-14(12-19)20-10-9-17-18-20/h3-6,9-10,14H,2,7-8,11-12H2,1H3. The molecular weight excluding hydrogens is 280 g/mol. The minimum Gasteiger partial charge on any atom is -0.494 e. The second kappa shape index (κ2) is 6.60. The van der Waals surface area contributed by atoms with Gasteiger partial charge in [0.1, 0.15) is 5.75 Å². The molecule has 0 atom stereocenters. The number of para-hydroxylation sites is 1. The molecule has 0 saturated carbocycles. The second-order valence-electron chi connectivity index (χ2n) is 5.38. The van der Waals surface area contributed by atoms with Crippen molar-refractivity contribution in [2.24, 2.45) is 0 Å². The van der Waals surface area contributed by atoms with Crippen LogP contribution in [0.15, 0.2) is 36.7 Å². The van der Waals surface area contributed by atoms with Gasteiger partial charge in [-0.1, -0.05) is 23.4 Å². The van der Waals surface area contributed by atoms with Gasteiger partial charge < -0.3 is 9.64 Å². The van der Waals surface area contributed by atoms with Gasteiger partial charge in [0, 0.05) is 25.7 Å². The molecule has 1 aromatic carbocycles. The van der Waals surface area contributed by atoms with Crippen LogP contribution in [-0.2, 0) is 11.2 Å². The Kier molecular flexibility index (Phi) is 4.37. The summed E-state index contributed by atoms with van der Waals surface area (Å²) in [6.07, 6.45) is 4.72. The Balaban J connectivity index is 1.49. The Hall–Kier alpha value is -2.37. The van der Waals surface area contributed by atoms with Crippen molar-refractivity contribution in [2.75, 3.05) is 19.7 Å². The third-order valence-electron chi connectivity index (χ3n) is 3.91. The largest absolute Gasteiger partial charge is 0.494 e. The number of rotatable bonds is 6. The first-order chi connectivity index (χ1) is 10.8. The molecule has 1 aliphatic rings. The number of aryl methyl sites for hydroxylation is 1. The maximum Gasteiger partial charge on any atom is 0.223 e. The van der Waals surface area contributed by atoms with Gasteiger partial charge in [-0.15, -0.1) is 5.10 Å². The lowest BCUT2D eigenvalue weighted by Gasteiger charge is -2.39. The first-order valence-corrected chi connectivity index (χ1v) is 7.62. The van der Waals surface area contributed by atoms with Crippen molar-refractivity contribution in [3.63, 3.8) is 0 Å². The van der Waals surface area contributed by atoms with Crippen molar-refractivity contribution in [1.29, 1.82) is 0 Å². The molecule has 6 nitrogen and oxygen atoms in total. The summed E-state index contributed by atoms with van der Waals surface area (Å²) in [6, 6.07) is 8.17. The highest BCUT2D eigenvalue weighted by atomic mass is 16.5. The van der Waals surface area contributed by atoms with E-state index < -0.39 is 0 Å². The van der Waals surface area contributed by atoms with E-state index in [9.17, 15) is 4.79 Å². The number of nitrogens with zero attached hydrogens (tertiary/aromatic N) is 4. The van der Waals surface area contributed by atoms with Gasteiger partial charge in [-0.2, -0.15) is 0 Å². The van der Waals surface area contributed by atoms with E-state index in [0.717, 1.165) is 24.4 Å². The molecule has 1 amide bonds. The summed E-state index contributed by atoms with van der Waals surface area (Å²) in [5.41, 5.74) is 1.09. The molecule has 0 unspecified atom stereocenters. The Morgan fingerprint density at radius 2 is 2.18 bits per heavy atom. The smallest absolute Gasteiger partial charge is 0.223 e. The molecule has 6 heteroatoms. The van der Waals surface area contributed by atoms with E-state index in [1.807, 2.05) is 47.0 Å². The number of carbonyl (C=O) groups excluding carboxylic acids is 1. The lowest BCUT2D eigenvalue weighted by molar-refractivity contribution is -0.137. The van der Waals surface area contributed by atoms with Crippen LogP contribution in [0.5, 0.6) is 5.75 Å². The molecule has 2 aromatic rings. The van der Waals surface area contributed by atoms with Crippen molar-refractivity contribution < 1.29 is 9.53 Å². The Labute approximate surface area is 129 Å². The highest BCUT2D eigenvalue weighted by Gasteiger charge is 2.31. The van der Waals surface area contributed by atoms with Gasteiger partial charge in [0.2, 0.25) is 5.91 Å². The topological polar surface area (TPSA) is 60.2 Å². The van der Waals surface area contributed by atoms with Crippen molar-refractivity contribution in [3.8, 4) is 5.75 Å². The Morgan fingerprint density at radius 1 is 1.36 bits per heavy atom. The predicted octanol–water partition coefficient (Wildman–Crippen LogP) is 1.69. The van der Waals surface area contributed by atoms with E-state index in [1.54, 1.807) is 6.20 Å². The molecule has 0 spiro atoms. The van der Waals surface area contributed by atoms with Crippen LogP contribution in [0.2, 0.25) is 0 Å². The summed E-state index contributed by atoms with van der Waals surface area (Å²) >= 11 is 0. The monoisotopic (exact) mass is 300 g/mol. The highest BCUT2D eigenvalue weighted by molar-refractivity contribution is 5.77. The lowest BCUT2D eigenvalue weighted by atomic mass is 10.1. The van der Waals surface area contributed by atoms with Gasteiger partial charge in [0.25, 0.3) is 0 Å². The van der Waals surface area contributed by atoms with Crippen LogP contribution in [0.1, 0.15) is 24.9 Å². The fraction of sp³-hybridized carbons (Fsp3) is 0.438. The van der Waals surface area contributed by atoms with E-state index in [-0.39, 0.29) is 11.9 Å². The number of likely N-dealkylation sites (tertiary alicyclic amines) is 1. The molecule has 0 radical (unpaired) electrons. The van der Waals surface area contributed by atoms with Gasteiger partial charge in [-0.3, -0.25) is 4.79 Å². The van der Waals surface area contributed by atoms with Crippen molar-refractivity contribution in [2.45, 2.75) is 25.8 Å². The van der Waals surface area contributed by atoms with E-state index in [0.29, 0.717) is 19.4 Å². The summed E-state index contributed by atoms with van der Waals surface area (Å²) in [7, 11) is 0. The van der Waals surface area contributed by atoms with Crippen molar-refractivity contribution in [1.82, 2.24) is 19.9 Å². The quantitative estimate of drug-likeness (QED) is 0.814. The number of amides is 1. The molecule has 0 N–H and O–H groups in total. The molecule has 1 aliphatic heterocycles. The van der Waals surface area contributed by atoms with Crippen LogP contribution in [0.4, 0.5) is 0 Å². The third kappa shape index (κ3) is 3.10. The van der Waals surface area contributed by atoms with Crippen molar-refractivity contribution in [3.05, 3.63) is 42.2 Å². The Morgan fingerprint density at radius 3 is 2.91 bits per heavy atom. The zero-order valence-electron chi connectivity index (χ0n) is 12.7. The van der Waals surface area contributed by atoms with Crippen LogP contribution < -0.4 is 4.74 Å². The maximum absolute atomic E-state index is 12.2. The summed E-state index contributed by atoms with van der Waals surface area (Å²) < 4.78 is 7.41. The van der Waals surface area contributed by atoms with Gasteiger partial charge >= 0.3 is 0 Å². The van der Waals surface area contributed by atoms with Gasteiger partial charge in [0.05, 0.1) is 18.8 Å². The van der Waals surface area contributed by atoms with Crippen LogP contribution in [0, 0.1) is 0 Å². The molecule has 1 aromatic heterocycles. The number of benzene rings is 1. The first kappa shape index (κ1) is 14.6. The van der Waals surface area contributed by atoms with Crippen LogP contribution in [0.3, 0.4) is 0 Å². The second-order valence-corrected chi connectivity index (χ2v) is 5.38. The summed E-state index contributed by atoms with van der Waals surface area (Å²) in [5.74, 6) is 1.06. The summed E-state index contributed by atoms with van der Waals surface area (Å²) in [6.45, 7) is 4.04. The minimum absolute atomic E-state index is 0.183. The zero-order valence-corrected chi connectivity index (χ0v) is 12.7. The number of aromatic nitrogens is 3. The van der Waals surface area contributed by atoms with Crippen molar-refractivity contribution >= 4 is 5.91 Å². The average molecular weight is 300 g/mol. The SMILES string of the molecule is CCOc1ccccc1CCC(=O)N1CC(n2ccnn2)C1.